The van der Waals surface area contributed by atoms with Gasteiger partial charge in [-0.05, 0) is 75.7 Å². The zero-order valence-electron chi connectivity index (χ0n) is 17.0. The molecular formula is C22H36N2O2. The lowest BCUT2D eigenvalue weighted by molar-refractivity contribution is 0.0943. The Morgan fingerprint density at radius 1 is 1.15 bits per heavy atom. The summed E-state index contributed by atoms with van der Waals surface area (Å²) in [4.78, 5) is 14.8. The molecule has 4 nitrogen and oxygen atoms in total. The second-order valence-electron chi connectivity index (χ2n) is 8.22. The van der Waals surface area contributed by atoms with Crippen LogP contribution in [0.3, 0.4) is 0 Å². The van der Waals surface area contributed by atoms with E-state index < -0.39 is 0 Å². The topological polar surface area (TPSA) is 41.6 Å². The van der Waals surface area contributed by atoms with E-state index in [9.17, 15) is 4.79 Å². The lowest BCUT2D eigenvalue weighted by atomic mass is 9.93. The van der Waals surface area contributed by atoms with Gasteiger partial charge in [-0.3, -0.25) is 4.79 Å². The number of hydrogen-bond donors (Lipinski definition) is 1. The molecule has 1 N–H and O–H groups in total. The lowest BCUT2D eigenvalue weighted by Crippen LogP contribution is -2.39. The molecule has 1 aromatic rings. The van der Waals surface area contributed by atoms with Crippen LogP contribution in [0, 0.1) is 11.8 Å². The highest BCUT2D eigenvalue weighted by Gasteiger charge is 2.20. The monoisotopic (exact) mass is 360 g/mol. The van der Waals surface area contributed by atoms with Gasteiger partial charge in [-0.1, -0.05) is 26.0 Å². The summed E-state index contributed by atoms with van der Waals surface area (Å²) in [7, 11) is 0. The van der Waals surface area contributed by atoms with Crippen molar-refractivity contribution in [3.8, 4) is 0 Å². The predicted octanol–water partition coefficient (Wildman–Crippen LogP) is 4.10. The number of nitrogens with zero attached hydrogens (tertiary/aromatic N) is 1. The van der Waals surface area contributed by atoms with Gasteiger partial charge >= 0.3 is 0 Å². The Balaban J connectivity index is 1.66. The van der Waals surface area contributed by atoms with Crippen molar-refractivity contribution in [3.63, 3.8) is 0 Å². The number of carbonyl (C=O) groups is 1. The van der Waals surface area contributed by atoms with Crippen LogP contribution >= 0.6 is 0 Å². The summed E-state index contributed by atoms with van der Waals surface area (Å²) in [6.45, 7) is 13.3. The van der Waals surface area contributed by atoms with Crippen LogP contribution in [-0.2, 0) is 11.3 Å². The van der Waals surface area contributed by atoms with Gasteiger partial charge in [0.2, 0.25) is 0 Å². The van der Waals surface area contributed by atoms with Gasteiger partial charge in [0.1, 0.15) is 0 Å². The number of rotatable bonds is 9. The van der Waals surface area contributed by atoms with Crippen LogP contribution in [-0.4, -0.2) is 43.1 Å². The number of carbonyl (C=O) groups excluding carboxylic acids is 1. The first-order valence-corrected chi connectivity index (χ1v) is 10.1. The molecular weight excluding hydrogens is 324 g/mol. The van der Waals surface area contributed by atoms with Crippen molar-refractivity contribution in [2.45, 2.75) is 59.6 Å². The Morgan fingerprint density at radius 3 is 2.38 bits per heavy atom. The van der Waals surface area contributed by atoms with Gasteiger partial charge in [-0.15, -0.1) is 0 Å². The number of nitrogens with one attached hydrogen (secondary N) is 1. The van der Waals surface area contributed by atoms with Crippen LogP contribution in [0.15, 0.2) is 24.3 Å². The maximum Gasteiger partial charge on any atom is 0.251 e. The van der Waals surface area contributed by atoms with E-state index in [2.05, 4.69) is 37.9 Å². The second kappa shape index (κ2) is 10.7. The van der Waals surface area contributed by atoms with Gasteiger partial charge in [0.05, 0.1) is 6.61 Å². The number of likely N-dealkylation sites (tertiary alicyclic amines) is 1. The molecule has 4 heteroatoms. The molecule has 1 fully saturated rings. The van der Waals surface area contributed by atoms with Crippen molar-refractivity contribution in [3.05, 3.63) is 35.4 Å². The quantitative estimate of drug-likeness (QED) is 0.721. The summed E-state index contributed by atoms with van der Waals surface area (Å²) in [6.07, 6.45) is 3.58. The Hall–Kier alpha value is -1.39. The van der Waals surface area contributed by atoms with Crippen molar-refractivity contribution in [2.75, 3.05) is 26.2 Å². The number of ether oxygens (including phenoxy) is 1. The van der Waals surface area contributed by atoms with Crippen molar-refractivity contribution in [1.29, 1.82) is 0 Å². The Kier molecular flexibility index (Phi) is 8.60. The first kappa shape index (κ1) is 20.9. The summed E-state index contributed by atoms with van der Waals surface area (Å²) in [5.74, 6) is 1.31. The summed E-state index contributed by atoms with van der Waals surface area (Å²) in [6, 6.07) is 8.40. The van der Waals surface area contributed by atoms with E-state index in [0.29, 0.717) is 18.6 Å². The average molecular weight is 361 g/mol. The highest BCUT2D eigenvalue weighted by Crippen LogP contribution is 2.21. The van der Waals surface area contributed by atoms with E-state index >= 15 is 0 Å². The predicted molar refractivity (Wildman–Crippen MR) is 107 cm³/mol. The molecule has 1 aliphatic heterocycles. The molecule has 0 atom stereocenters. The molecule has 1 aromatic carbocycles. The van der Waals surface area contributed by atoms with Gasteiger partial charge < -0.3 is 15.0 Å². The third-order valence-corrected chi connectivity index (χ3v) is 5.15. The molecule has 2 rings (SSSR count). The van der Waals surface area contributed by atoms with Crippen molar-refractivity contribution in [1.82, 2.24) is 10.2 Å². The fraction of sp³-hybridized carbons (Fsp3) is 0.682. The van der Waals surface area contributed by atoms with E-state index in [1.54, 1.807) is 0 Å². The summed E-state index contributed by atoms with van der Waals surface area (Å²) < 4.78 is 5.63. The molecule has 0 unspecified atom stereocenters. The molecule has 0 radical (unpaired) electrons. The molecule has 1 saturated heterocycles. The molecule has 0 aliphatic carbocycles. The summed E-state index contributed by atoms with van der Waals surface area (Å²) in [5, 5.41) is 3.07. The maximum atomic E-state index is 12.3. The number of amides is 1. The SMILES string of the molecule is CC(C)COCc1ccc(C(=O)NCCC2CCN(C(C)C)CC2)cc1. The number of piperidine rings is 1. The number of benzene rings is 1. The fourth-order valence-electron chi connectivity index (χ4n) is 3.41. The fourth-order valence-corrected chi connectivity index (χ4v) is 3.41. The van der Waals surface area contributed by atoms with E-state index in [1.807, 2.05) is 24.3 Å². The van der Waals surface area contributed by atoms with Crippen LogP contribution in [0.5, 0.6) is 0 Å². The molecule has 0 saturated carbocycles. The molecule has 146 valence electrons. The van der Waals surface area contributed by atoms with E-state index in [1.165, 1.54) is 25.9 Å². The summed E-state index contributed by atoms with van der Waals surface area (Å²) in [5.41, 5.74) is 1.84. The third kappa shape index (κ3) is 7.08. The largest absolute Gasteiger partial charge is 0.377 e. The van der Waals surface area contributed by atoms with Crippen molar-refractivity contribution < 1.29 is 9.53 Å². The normalized spacial score (nSPS) is 16.4. The molecule has 1 heterocycles. The highest BCUT2D eigenvalue weighted by molar-refractivity contribution is 5.94. The van der Waals surface area contributed by atoms with Crippen LogP contribution in [0.25, 0.3) is 0 Å². The van der Waals surface area contributed by atoms with Crippen LogP contribution in [0.4, 0.5) is 0 Å². The molecule has 0 spiro atoms. The van der Waals surface area contributed by atoms with Crippen molar-refractivity contribution >= 4 is 5.91 Å². The molecule has 1 aliphatic rings. The zero-order chi connectivity index (χ0) is 18.9. The summed E-state index contributed by atoms with van der Waals surface area (Å²) >= 11 is 0. The zero-order valence-corrected chi connectivity index (χ0v) is 17.0. The minimum Gasteiger partial charge on any atom is -0.377 e. The maximum absolute atomic E-state index is 12.3. The standard InChI is InChI=1S/C22H36N2O2/c1-17(2)15-26-16-20-5-7-21(8-6-20)22(25)23-12-9-19-10-13-24(14-11-19)18(3)4/h5-8,17-19H,9-16H2,1-4H3,(H,23,25). The van der Waals surface area contributed by atoms with E-state index in [4.69, 9.17) is 4.74 Å². The van der Waals surface area contributed by atoms with Crippen molar-refractivity contribution in [2.24, 2.45) is 11.8 Å². The van der Waals surface area contributed by atoms with Crippen LogP contribution < -0.4 is 5.32 Å². The van der Waals surface area contributed by atoms with Gasteiger partial charge in [-0.2, -0.15) is 0 Å². The van der Waals surface area contributed by atoms with Gasteiger partial charge in [0.15, 0.2) is 0 Å². The van der Waals surface area contributed by atoms with E-state index in [0.717, 1.165) is 36.6 Å². The molecule has 1 amide bonds. The second-order valence-corrected chi connectivity index (χ2v) is 8.22. The third-order valence-electron chi connectivity index (χ3n) is 5.15. The van der Waals surface area contributed by atoms with Gasteiger partial charge in [0.25, 0.3) is 5.91 Å². The highest BCUT2D eigenvalue weighted by atomic mass is 16.5. The lowest BCUT2D eigenvalue weighted by Gasteiger charge is -2.34. The molecule has 0 aromatic heterocycles. The minimum absolute atomic E-state index is 0.0271. The Morgan fingerprint density at radius 2 is 1.81 bits per heavy atom. The smallest absolute Gasteiger partial charge is 0.251 e. The first-order valence-electron chi connectivity index (χ1n) is 10.1. The Bertz CT molecular complexity index is 532. The minimum atomic E-state index is 0.0271. The van der Waals surface area contributed by atoms with Crippen LogP contribution in [0.2, 0.25) is 0 Å². The molecule has 26 heavy (non-hydrogen) atoms. The van der Waals surface area contributed by atoms with Gasteiger partial charge in [-0.25, -0.2) is 0 Å². The first-order chi connectivity index (χ1) is 12.5. The average Bonchev–Trinajstić information content (AvgIpc) is 2.62. The Labute approximate surface area is 159 Å². The van der Waals surface area contributed by atoms with Gasteiger partial charge in [0, 0.05) is 24.8 Å². The molecule has 0 bridgehead atoms. The van der Waals surface area contributed by atoms with Crippen LogP contribution in [0.1, 0.15) is 62.9 Å². The number of hydrogen-bond acceptors (Lipinski definition) is 3. The van der Waals surface area contributed by atoms with E-state index in [-0.39, 0.29) is 5.91 Å².